The zero-order valence-corrected chi connectivity index (χ0v) is 19.8. The highest BCUT2D eigenvalue weighted by Crippen LogP contribution is 2.29. The predicted octanol–water partition coefficient (Wildman–Crippen LogP) is 2.25. The van der Waals surface area contributed by atoms with Gasteiger partial charge in [-0.1, -0.05) is 18.7 Å². The number of aromatic nitrogens is 7. The first-order valence-electron chi connectivity index (χ1n) is 11.7. The first-order valence-corrected chi connectivity index (χ1v) is 11.7. The largest absolute Gasteiger partial charge is 0.352 e. The summed E-state index contributed by atoms with van der Waals surface area (Å²) in [6.07, 6.45) is 13.0. The van der Waals surface area contributed by atoms with Crippen LogP contribution in [-0.2, 0) is 0 Å². The average molecular weight is 476 g/mol. The normalized spacial score (nSPS) is 15.0. The van der Waals surface area contributed by atoms with E-state index < -0.39 is 0 Å². The molecule has 0 atom stereocenters. The van der Waals surface area contributed by atoms with Crippen molar-refractivity contribution in [1.82, 2.24) is 35.1 Å². The summed E-state index contributed by atoms with van der Waals surface area (Å²) in [6, 6.07) is 8.12. The van der Waals surface area contributed by atoms with Crippen LogP contribution in [0.2, 0.25) is 0 Å². The number of fused-ring (bicyclic) bond motifs is 1. The van der Waals surface area contributed by atoms with Gasteiger partial charge in [0.05, 0.1) is 46.5 Å². The molecule has 0 radical (unpaired) electrons. The first kappa shape index (κ1) is 21.9. The Bertz CT molecular complexity index is 1690. The Morgan fingerprint density at radius 3 is 2.81 bits per heavy atom. The third-order valence-corrected chi connectivity index (χ3v) is 6.39. The van der Waals surface area contributed by atoms with E-state index in [1.54, 1.807) is 18.6 Å². The fourth-order valence-electron chi connectivity index (χ4n) is 4.46. The lowest BCUT2D eigenvalue weighted by Gasteiger charge is -2.37. The number of allylic oxidation sites excluding steroid dienone is 2. The van der Waals surface area contributed by atoms with Crippen LogP contribution in [0.5, 0.6) is 0 Å². The molecular weight excluding hydrogens is 450 g/mol. The van der Waals surface area contributed by atoms with Gasteiger partial charge >= 0.3 is 0 Å². The Labute approximate surface area is 207 Å². The van der Waals surface area contributed by atoms with Gasteiger partial charge in [-0.15, -0.1) is 0 Å². The maximum atomic E-state index is 5.94. The third-order valence-electron chi connectivity index (χ3n) is 6.39. The van der Waals surface area contributed by atoms with E-state index in [0.717, 1.165) is 68.9 Å². The molecule has 4 N–H and O–H groups in total. The minimum atomic E-state index is 0.190. The Morgan fingerprint density at radius 1 is 1.17 bits per heavy atom. The Balaban J connectivity index is 1.42. The molecule has 0 aliphatic carbocycles. The maximum absolute atomic E-state index is 5.94. The van der Waals surface area contributed by atoms with Gasteiger partial charge in [-0.25, -0.2) is 4.98 Å². The monoisotopic (exact) mass is 475 g/mol. The molecular formula is C27H25N9. The topological polar surface area (TPSA) is 125 Å². The molecule has 5 aromatic rings. The van der Waals surface area contributed by atoms with Crippen molar-refractivity contribution >= 4 is 34.9 Å². The van der Waals surface area contributed by atoms with E-state index in [1.807, 2.05) is 49.7 Å². The van der Waals surface area contributed by atoms with E-state index >= 15 is 0 Å². The van der Waals surface area contributed by atoms with Crippen LogP contribution in [0.15, 0.2) is 61.3 Å². The molecule has 36 heavy (non-hydrogen) atoms. The fraction of sp³-hybridized carbons (Fsp3) is 0.148. The molecule has 0 saturated carbocycles. The predicted molar refractivity (Wildman–Crippen MR) is 142 cm³/mol. The Kier molecular flexibility index (Phi) is 5.38. The van der Waals surface area contributed by atoms with Crippen molar-refractivity contribution in [3.8, 4) is 22.6 Å². The highest BCUT2D eigenvalue weighted by Gasteiger charge is 2.24. The van der Waals surface area contributed by atoms with Crippen molar-refractivity contribution in [2.24, 2.45) is 5.73 Å². The second-order valence-electron chi connectivity index (χ2n) is 8.83. The van der Waals surface area contributed by atoms with Crippen molar-refractivity contribution in [3.05, 3.63) is 77.6 Å². The number of hydrogen-bond acceptors (Lipinski definition) is 7. The maximum Gasteiger partial charge on any atom is 0.147 e. The van der Waals surface area contributed by atoms with Gasteiger partial charge in [0.1, 0.15) is 11.5 Å². The van der Waals surface area contributed by atoms with E-state index in [2.05, 4.69) is 47.7 Å². The lowest BCUT2D eigenvalue weighted by atomic mass is 10.1. The van der Waals surface area contributed by atoms with Crippen LogP contribution in [0, 0.1) is 0 Å². The fourth-order valence-corrected chi connectivity index (χ4v) is 4.46. The second kappa shape index (κ2) is 8.86. The van der Waals surface area contributed by atoms with Crippen molar-refractivity contribution in [1.29, 1.82) is 0 Å². The number of hydrogen-bond donors (Lipinski definition) is 3. The van der Waals surface area contributed by atoms with Crippen molar-refractivity contribution < 1.29 is 0 Å². The molecule has 1 fully saturated rings. The zero-order chi connectivity index (χ0) is 24.6. The SMILES string of the molecule is C=c1[nH]nc(-c2cc3c(-c4ccccn4)cncc3[nH]2)/c1=C/C(=C\C)c1cncc(N2CC(N)C2)n1. The lowest BCUT2D eigenvalue weighted by Crippen LogP contribution is -2.56. The summed E-state index contributed by atoms with van der Waals surface area (Å²) >= 11 is 0. The van der Waals surface area contributed by atoms with Gasteiger partial charge < -0.3 is 15.6 Å². The molecule has 1 aliphatic heterocycles. The number of pyridine rings is 2. The molecule has 0 bridgehead atoms. The molecule has 9 nitrogen and oxygen atoms in total. The summed E-state index contributed by atoms with van der Waals surface area (Å²) in [5.74, 6) is 0.828. The van der Waals surface area contributed by atoms with E-state index in [4.69, 9.17) is 10.7 Å². The molecule has 0 spiro atoms. The Morgan fingerprint density at radius 2 is 2.03 bits per heavy atom. The molecule has 9 heteroatoms. The van der Waals surface area contributed by atoms with Gasteiger partial charge in [0.2, 0.25) is 0 Å². The number of H-pyrrole nitrogens is 2. The van der Waals surface area contributed by atoms with Crippen LogP contribution in [0.25, 0.3) is 51.8 Å². The van der Waals surface area contributed by atoms with Gasteiger partial charge in [0.15, 0.2) is 0 Å². The van der Waals surface area contributed by atoms with Gasteiger partial charge in [0, 0.05) is 47.7 Å². The van der Waals surface area contributed by atoms with Crippen LogP contribution >= 0.6 is 0 Å². The number of anilines is 1. The number of aromatic amines is 2. The molecule has 178 valence electrons. The Hall–Kier alpha value is -4.63. The minimum absolute atomic E-state index is 0.190. The molecule has 0 aromatic carbocycles. The summed E-state index contributed by atoms with van der Waals surface area (Å²) in [5.41, 5.74) is 12.0. The highest BCUT2D eigenvalue weighted by molar-refractivity contribution is 5.96. The smallest absolute Gasteiger partial charge is 0.147 e. The number of nitrogens with one attached hydrogen (secondary N) is 2. The summed E-state index contributed by atoms with van der Waals surface area (Å²) < 4.78 is 0. The molecule has 1 aliphatic rings. The minimum Gasteiger partial charge on any atom is -0.352 e. The van der Waals surface area contributed by atoms with E-state index in [0.29, 0.717) is 5.35 Å². The van der Waals surface area contributed by atoms with Gasteiger partial charge in [-0.2, -0.15) is 5.10 Å². The standard InChI is InChI=1S/C27H25N9/c1-3-17(24-11-30-13-26(33-24)36-14-18(28)15-36)8-19-16(2)34-35-27(19)23-9-20-21(10-29-12-25(20)32-23)22-6-4-5-7-31-22/h3-13,18,32,34H,2,14-15,28H2,1H3/b17-3+,19-8+. The van der Waals surface area contributed by atoms with Crippen molar-refractivity contribution in [3.63, 3.8) is 0 Å². The summed E-state index contributed by atoms with van der Waals surface area (Å²) in [4.78, 5) is 23.7. The summed E-state index contributed by atoms with van der Waals surface area (Å²) in [7, 11) is 0. The zero-order valence-electron chi connectivity index (χ0n) is 19.8. The first-order chi connectivity index (χ1) is 17.6. The van der Waals surface area contributed by atoms with Crippen LogP contribution < -0.4 is 21.2 Å². The van der Waals surface area contributed by atoms with Gasteiger partial charge in [-0.05, 0) is 36.8 Å². The van der Waals surface area contributed by atoms with Crippen LogP contribution in [-0.4, -0.2) is 54.2 Å². The van der Waals surface area contributed by atoms with Crippen molar-refractivity contribution in [2.45, 2.75) is 13.0 Å². The van der Waals surface area contributed by atoms with Crippen LogP contribution in [0.3, 0.4) is 0 Å². The summed E-state index contributed by atoms with van der Waals surface area (Å²) in [6.45, 7) is 7.73. The summed E-state index contributed by atoms with van der Waals surface area (Å²) in [5, 5.41) is 10.2. The molecule has 1 saturated heterocycles. The molecule has 6 rings (SSSR count). The molecule has 0 amide bonds. The second-order valence-corrected chi connectivity index (χ2v) is 8.83. The number of nitrogens with two attached hydrogens (primary N) is 1. The quantitative estimate of drug-likeness (QED) is 0.356. The number of nitrogens with zero attached hydrogens (tertiary/aromatic N) is 6. The molecule has 0 unspecified atom stereocenters. The van der Waals surface area contributed by atoms with Gasteiger partial charge in [-0.3, -0.25) is 20.1 Å². The lowest BCUT2D eigenvalue weighted by molar-refractivity contribution is 0.513. The highest BCUT2D eigenvalue weighted by atomic mass is 15.3. The van der Waals surface area contributed by atoms with Crippen molar-refractivity contribution in [2.75, 3.05) is 18.0 Å². The average Bonchev–Trinajstić information content (AvgIpc) is 3.49. The van der Waals surface area contributed by atoms with Crippen LogP contribution in [0.1, 0.15) is 12.6 Å². The molecule has 5 aromatic heterocycles. The van der Waals surface area contributed by atoms with E-state index in [-0.39, 0.29) is 6.04 Å². The van der Waals surface area contributed by atoms with Gasteiger partial charge in [0.25, 0.3) is 0 Å². The van der Waals surface area contributed by atoms with Crippen LogP contribution in [0.4, 0.5) is 5.82 Å². The van der Waals surface area contributed by atoms with E-state index in [9.17, 15) is 0 Å². The third kappa shape index (κ3) is 3.85. The van der Waals surface area contributed by atoms with E-state index in [1.165, 1.54) is 0 Å². The number of rotatable bonds is 5. The molecule has 6 heterocycles.